The molecule has 0 spiro atoms. The Morgan fingerprint density at radius 3 is 2.68 bits per heavy atom. The molecule has 1 amide bonds. The van der Waals surface area contributed by atoms with Crippen molar-refractivity contribution in [1.29, 1.82) is 0 Å². The van der Waals surface area contributed by atoms with Crippen molar-refractivity contribution in [1.82, 2.24) is 4.90 Å². The molecule has 1 aromatic rings. The molecule has 1 aromatic carbocycles. The first kappa shape index (κ1) is 14.9. The highest BCUT2D eigenvalue weighted by atomic mass is 16.2. The minimum atomic E-state index is -0.437. The molecule has 0 N–H and O–H groups in total. The third-order valence-corrected chi connectivity index (χ3v) is 4.80. The number of piperazine rings is 1. The Balaban J connectivity index is 1.92. The monoisotopic (exact) mass is 299 g/mol. The summed E-state index contributed by atoms with van der Waals surface area (Å²) in [7, 11) is 1.96. The van der Waals surface area contributed by atoms with E-state index in [-0.39, 0.29) is 5.91 Å². The van der Waals surface area contributed by atoms with Crippen molar-refractivity contribution in [3.8, 4) is 0 Å². The zero-order valence-corrected chi connectivity index (χ0v) is 12.9. The van der Waals surface area contributed by atoms with Gasteiger partial charge in [0.1, 0.15) is 0 Å². The van der Waals surface area contributed by atoms with Crippen molar-refractivity contribution in [2.24, 2.45) is 4.99 Å². The molecule has 1 heterocycles. The minimum absolute atomic E-state index is 0.116. The summed E-state index contributed by atoms with van der Waals surface area (Å²) in [5, 5.41) is 0. The molecule has 0 atom stereocenters. The molecular formula is C17H21N3O2. The summed E-state index contributed by atoms with van der Waals surface area (Å²) in [6.45, 7) is 2.01. The summed E-state index contributed by atoms with van der Waals surface area (Å²) in [5.74, 6) is 0.116. The fraction of sp³-hybridized carbons (Fsp3) is 0.529. The molecule has 116 valence electrons. The van der Waals surface area contributed by atoms with Crippen molar-refractivity contribution >= 4 is 17.7 Å². The van der Waals surface area contributed by atoms with Crippen molar-refractivity contribution in [2.45, 2.75) is 31.2 Å². The third-order valence-electron chi connectivity index (χ3n) is 4.80. The van der Waals surface area contributed by atoms with E-state index in [1.54, 1.807) is 6.08 Å². The number of anilines is 1. The van der Waals surface area contributed by atoms with Crippen LogP contribution in [0.2, 0.25) is 0 Å². The van der Waals surface area contributed by atoms with Gasteiger partial charge in [0.15, 0.2) is 0 Å². The predicted molar refractivity (Wildman–Crippen MR) is 84.6 cm³/mol. The quantitative estimate of drug-likeness (QED) is 0.634. The lowest BCUT2D eigenvalue weighted by Gasteiger charge is -2.33. The van der Waals surface area contributed by atoms with Crippen LogP contribution in [-0.4, -0.2) is 43.6 Å². The van der Waals surface area contributed by atoms with E-state index in [0.29, 0.717) is 13.1 Å². The van der Waals surface area contributed by atoms with Crippen LogP contribution < -0.4 is 4.90 Å². The van der Waals surface area contributed by atoms with Gasteiger partial charge in [-0.2, -0.15) is 4.99 Å². The van der Waals surface area contributed by atoms with Gasteiger partial charge < -0.3 is 4.90 Å². The molecule has 2 aliphatic rings. The van der Waals surface area contributed by atoms with Gasteiger partial charge in [0.25, 0.3) is 0 Å². The van der Waals surface area contributed by atoms with Gasteiger partial charge in [-0.15, -0.1) is 0 Å². The summed E-state index contributed by atoms with van der Waals surface area (Å²) in [6, 6.07) is 7.95. The summed E-state index contributed by atoms with van der Waals surface area (Å²) >= 11 is 0. The largest absolute Gasteiger partial charge is 0.310 e. The van der Waals surface area contributed by atoms with E-state index < -0.39 is 5.54 Å². The summed E-state index contributed by atoms with van der Waals surface area (Å²) in [5.41, 5.74) is 1.49. The van der Waals surface area contributed by atoms with E-state index in [1.807, 2.05) is 41.1 Å². The molecule has 0 bridgehead atoms. The van der Waals surface area contributed by atoms with Gasteiger partial charge in [-0.25, -0.2) is 4.79 Å². The molecule has 1 saturated heterocycles. The van der Waals surface area contributed by atoms with Crippen molar-refractivity contribution in [3.63, 3.8) is 0 Å². The maximum atomic E-state index is 12.2. The Hall–Kier alpha value is -1.97. The van der Waals surface area contributed by atoms with Crippen LogP contribution in [-0.2, 0) is 15.1 Å². The first-order valence-electron chi connectivity index (χ1n) is 7.83. The zero-order chi connectivity index (χ0) is 15.6. The number of amides is 1. The fourth-order valence-corrected chi connectivity index (χ4v) is 3.54. The number of carbonyl (C=O) groups excluding carboxylic acids is 2. The standard InChI is InChI=1S/C17H21N3O2/c1-19-9-10-20(16(22)12-19)15-6-4-5-14(11-15)17(18-13-21)7-2-3-8-17/h4-6,11H,2-3,7-10,12H2,1H3. The molecule has 1 aliphatic carbocycles. The highest BCUT2D eigenvalue weighted by Crippen LogP contribution is 2.42. The van der Waals surface area contributed by atoms with Crippen molar-refractivity contribution in [2.75, 3.05) is 31.6 Å². The summed E-state index contributed by atoms with van der Waals surface area (Å²) in [6.07, 6.45) is 5.65. The smallest absolute Gasteiger partial charge is 0.241 e. The van der Waals surface area contributed by atoms with Crippen molar-refractivity contribution in [3.05, 3.63) is 29.8 Å². The molecule has 22 heavy (non-hydrogen) atoms. The van der Waals surface area contributed by atoms with Gasteiger partial charge in [-0.1, -0.05) is 25.0 Å². The molecule has 1 aliphatic heterocycles. The second kappa shape index (κ2) is 6.03. The van der Waals surface area contributed by atoms with Crippen LogP contribution in [0.25, 0.3) is 0 Å². The van der Waals surface area contributed by atoms with Gasteiger partial charge in [0.05, 0.1) is 12.1 Å². The van der Waals surface area contributed by atoms with Gasteiger partial charge in [-0.3, -0.25) is 9.69 Å². The summed E-state index contributed by atoms with van der Waals surface area (Å²) < 4.78 is 0. The van der Waals surface area contributed by atoms with Crippen LogP contribution >= 0.6 is 0 Å². The molecule has 0 unspecified atom stereocenters. The lowest BCUT2D eigenvalue weighted by molar-refractivity contribution is -0.120. The lowest BCUT2D eigenvalue weighted by atomic mass is 9.88. The first-order valence-corrected chi connectivity index (χ1v) is 7.83. The fourth-order valence-electron chi connectivity index (χ4n) is 3.54. The minimum Gasteiger partial charge on any atom is -0.310 e. The molecule has 0 radical (unpaired) electrons. The molecule has 3 rings (SSSR count). The van der Waals surface area contributed by atoms with Gasteiger partial charge in [-0.05, 0) is 37.6 Å². The number of carbonyl (C=O) groups is 1. The Labute approximate surface area is 130 Å². The average molecular weight is 299 g/mol. The van der Waals surface area contributed by atoms with Gasteiger partial charge in [0.2, 0.25) is 12.0 Å². The van der Waals surface area contributed by atoms with Crippen LogP contribution in [0.3, 0.4) is 0 Å². The number of rotatable bonds is 3. The molecule has 1 saturated carbocycles. The Kier molecular flexibility index (Phi) is 4.10. The van der Waals surface area contributed by atoms with Gasteiger partial charge in [0, 0.05) is 18.8 Å². The number of hydrogen-bond acceptors (Lipinski definition) is 4. The Bertz CT molecular complexity index is 616. The number of nitrogens with zero attached hydrogens (tertiary/aromatic N) is 3. The van der Waals surface area contributed by atoms with Crippen LogP contribution in [0.15, 0.2) is 29.3 Å². The molecular weight excluding hydrogens is 278 g/mol. The molecule has 5 heteroatoms. The van der Waals surface area contributed by atoms with Gasteiger partial charge >= 0.3 is 0 Å². The van der Waals surface area contributed by atoms with E-state index >= 15 is 0 Å². The average Bonchev–Trinajstić information content (AvgIpc) is 2.98. The maximum absolute atomic E-state index is 12.2. The van der Waals surface area contributed by atoms with Crippen LogP contribution in [0.5, 0.6) is 0 Å². The number of aliphatic imine (C=N–C) groups is 1. The van der Waals surface area contributed by atoms with Crippen LogP contribution in [0.4, 0.5) is 5.69 Å². The topological polar surface area (TPSA) is 53.0 Å². The number of likely N-dealkylation sites (N-methyl/N-ethyl adjacent to an activating group) is 1. The second-order valence-corrected chi connectivity index (χ2v) is 6.28. The summed E-state index contributed by atoms with van der Waals surface area (Å²) in [4.78, 5) is 31.1. The predicted octanol–water partition coefficient (Wildman–Crippen LogP) is 2.07. The number of benzene rings is 1. The highest BCUT2D eigenvalue weighted by molar-refractivity contribution is 5.95. The first-order chi connectivity index (χ1) is 10.6. The SMILES string of the molecule is CN1CCN(c2cccc(C3(N=C=O)CCCC3)c2)C(=O)C1. The lowest BCUT2D eigenvalue weighted by Crippen LogP contribution is -2.49. The molecule has 0 aromatic heterocycles. The van der Waals surface area contributed by atoms with E-state index in [2.05, 4.69) is 4.99 Å². The molecule has 5 nitrogen and oxygen atoms in total. The number of isocyanates is 1. The maximum Gasteiger partial charge on any atom is 0.241 e. The highest BCUT2D eigenvalue weighted by Gasteiger charge is 2.36. The normalized spacial score (nSPS) is 21.7. The molecule has 2 fully saturated rings. The zero-order valence-electron chi connectivity index (χ0n) is 12.9. The van der Waals surface area contributed by atoms with Crippen LogP contribution in [0, 0.1) is 0 Å². The van der Waals surface area contributed by atoms with Crippen LogP contribution in [0.1, 0.15) is 31.2 Å². The van der Waals surface area contributed by atoms with E-state index in [4.69, 9.17) is 0 Å². The Morgan fingerprint density at radius 2 is 2.00 bits per heavy atom. The van der Waals surface area contributed by atoms with E-state index in [1.165, 1.54) is 0 Å². The van der Waals surface area contributed by atoms with E-state index in [0.717, 1.165) is 43.5 Å². The number of hydrogen-bond donors (Lipinski definition) is 0. The third kappa shape index (κ3) is 2.70. The van der Waals surface area contributed by atoms with E-state index in [9.17, 15) is 9.59 Å². The van der Waals surface area contributed by atoms with Crippen molar-refractivity contribution < 1.29 is 9.59 Å². The second-order valence-electron chi connectivity index (χ2n) is 6.28. The Morgan fingerprint density at radius 1 is 1.23 bits per heavy atom.